The van der Waals surface area contributed by atoms with Gasteiger partial charge in [0.2, 0.25) is 0 Å². The van der Waals surface area contributed by atoms with E-state index < -0.39 is 5.97 Å². The van der Waals surface area contributed by atoms with Crippen LogP contribution in [0.15, 0.2) is 30.6 Å². The van der Waals surface area contributed by atoms with Gasteiger partial charge in [0.1, 0.15) is 12.2 Å². The van der Waals surface area contributed by atoms with Gasteiger partial charge in [0, 0.05) is 6.20 Å². The third-order valence-corrected chi connectivity index (χ3v) is 1.95. The van der Waals surface area contributed by atoms with Crippen LogP contribution in [-0.4, -0.2) is 22.7 Å². The maximum Gasteiger partial charge on any atom is 0.339 e. The fraction of sp³-hybridized carbons (Fsp3) is 0.273. The Hall–Kier alpha value is -1.84. The molecule has 1 aromatic heterocycles. The molecule has 0 unspecified atom stereocenters. The van der Waals surface area contributed by atoms with E-state index in [1.54, 1.807) is 0 Å². The molecular weight excluding hydrogens is 194 g/mol. The number of hydrogen-bond acceptors (Lipinski definition) is 3. The van der Waals surface area contributed by atoms with Crippen LogP contribution in [0.3, 0.4) is 0 Å². The fourth-order valence-electron chi connectivity index (χ4n) is 0.954. The molecule has 1 heterocycles. The molecule has 0 aliphatic rings. The zero-order valence-corrected chi connectivity index (χ0v) is 8.56. The average molecular weight is 207 g/mol. The van der Waals surface area contributed by atoms with Crippen molar-refractivity contribution in [3.63, 3.8) is 0 Å². The summed E-state index contributed by atoms with van der Waals surface area (Å²) < 4.78 is 5.31. The lowest BCUT2D eigenvalue weighted by Gasteiger charge is -2.08. The Morgan fingerprint density at radius 2 is 2.40 bits per heavy atom. The highest BCUT2D eigenvalue weighted by atomic mass is 16.5. The summed E-state index contributed by atoms with van der Waals surface area (Å²) in [6.45, 7) is 6.06. The van der Waals surface area contributed by atoms with Gasteiger partial charge >= 0.3 is 5.97 Å². The smallest absolute Gasteiger partial charge is 0.339 e. The van der Waals surface area contributed by atoms with Crippen LogP contribution in [0.2, 0.25) is 0 Å². The predicted octanol–water partition coefficient (Wildman–Crippen LogP) is 2.12. The number of carbonyl (C=O) groups is 1. The summed E-state index contributed by atoms with van der Waals surface area (Å²) in [5.41, 5.74) is 1.03. The molecule has 0 radical (unpaired) electrons. The first-order valence-corrected chi connectivity index (χ1v) is 4.62. The first-order chi connectivity index (χ1) is 7.15. The van der Waals surface area contributed by atoms with Gasteiger partial charge in [-0.25, -0.2) is 4.79 Å². The average Bonchev–Trinajstić information content (AvgIpc) is 2.26. The minimum atomic E-state index is -1.02. The number of rotatable bonds is 5. The van der Waals surface area contributed by atoms with Gasteiger partial charge in [-0.15, -0.1) is 0 Å². The number of pyridine rings is 1. The molecule has 4 nitrogen and oxygen atoms in total. The second-order valence-electron chi connectivity index (χ2n) is 3.07. The molecule has 0 aliphatic heterocycles. The molecule has 0 fully saturated rings. The van der Waals surface area contributed by atoms with E-state index in [2.05, 4.69) is 11.6 Å². The summed E-state index contributed by atoms with van der Waals surface area (Å²) >= 11 is 0. The van der Waals surface area contributed by atoms with Gasteiger partial charge in [-0.05, 0) is 18.1 Å². The molecule has 0 amide bonds. The monoisotopic (exact) mass is 207 g/mol. The van der Waals surface area contributed by atoms with Gasteiger partial charge in [-0.1, -0.05) is 13.5 Å². The molecule has 0 aliphatic carbocycles. The van der Waals surface area contributed by atoms with Gasteiger partial charge in [-0.2, -0.15) is 0 Å². The summed E-state index contributed by atoms with van der Waals surface area (Å²) in [5, 5.41) is 8.86. The van der Waals surface area contributed by atoms with E-state index in [9.17, 15) is 4.79 Å². The highest BCUT2D eigenvalue weighted by Gasteiger charge is 2.10. The molecule has 0 bridgehead atoms. The van der Waals surface area contributed by atoms with Crippen LogP contribution >= 0.6 is 0 Å². The maximum atomic E-state index is 10.8. The SMILES string of the molecule is C=C(CC)COc1cnccc1C(=O)O. The van der Waals surface area contributed by atoms with Crippen molar-refractivity contribution in [1.29, 1.82) is 0 Å². The van der Waals surface area contributed by atoms with Crippen molar-refractivity contribution in [3.05, 3.63) is 36.2 Å². The summed E-state index contributed by atoms with van der Waals surface area (Å²) in [5.74, 6) is -0.742. The Bertz CT molecular complexity index is 374. The molecule has 1 rings (SSSR count). The molecule has 1 aromatic rings. The summed E-state index contributed by atoms with van der Waals surface area (Å²) in [6.07, 6.45) is 3.63. The van der Waals surface area contributed by atoms with Crippen LogP contribution in [0.4, 0.5) is 0 Å². The van der Waals surface area contributed by atoms with Gasteiger partial charge in [0.05, 0.1) is 6.20 Å². The lowest BCUT2D eigenvalue weighted by molar-refractivity contribution is 0.0692. The van der Waals surface area contributed by atoms with E-state index in [1.807, 2.05) is 6.92 Å². The zero-order chi connectivity index (χ0) is 11.3. The van der Waals surface area contributed by atoms with E-state index in [1.165, 1.54) is 18.5 Å². The Labute approximate surface area is 88.2 Å². The van der Waals surface area contributed by atoms with Crippen molar-refractivity contribution >= 4 is 5.97 Å². The molecule has 80 valence electrons. The predicted molar refractivity (Wildman–Crippen MR) is 56.1 cm³/mol. The Morgan fingerprint density at radius 1 is 1.67 bits per heavy atom. The van der Waals surface area contributed by atoms with Crippen LogP contribution in [0.25, 0.3) is 0 Å². The number of aromatic carboxylic acids is 1. The molecular formula is C11H13NO3. The third kappa shape index (κ3) is 3.09. The number of carboxylic acid groups (broad SMARTS) is 1. The normalized spacial score (nSPS) is 9.67. The molecule has 4 heteroatoms. The molecule has 0 saturated carbocycles. The summed E-state index contributed by atoms with van der Waals surface area (Å²) in [7, 11) is 0. The first-order valence-electron chi connectivity index (χ1n) is 4.62. The number of aromatic nitrogens is 1. The molecule has 0 aromatic carbocycles. The molecule has 0 spiro atoms. The Balaban J connectivity index is 2.76. The third-order valence-electron chi connectivity index (χ3n) is 1.95. The largest absolute Gasteiger partial charge is 0.487 e. The topological polar surface area (TPSA) is 59.4 Å². The maximum absolute atomic E-state index is 10.8. The quantitative estimate of drug-likeness (QED) is 0.751. The van der Waals surface area contributed by atoms with Crippen LogP contribution in [0, 0.1) is 0 Å². The highest BCUT2D eigenvalue weighted by molar-refractivity contribution is 5.90. The Kier molecular flexibility index (Phi) is 3.85. The standard InChI is InChI=1S/C11H13NO3/c1-3-8(2)7-15-10-6-12-5-4-9(10)11(13)14/h4-6H,2-3,7H2,1H3,(H,13,14). The van der Waals surface area contributed by atoms with Crippen LogP contribution in [0.5, 0.6) is 5.75 Å². The van der Waals surface area contributed by atoms with E-state index in [0.717, 1.165) is 12.0 Å². The van der Waals surface area contributed by atoms with Gasteiger partial charge in [-0.3, -0.25) is 4.98 Å². The van der Waals surface area contributed by atoms with Gasteiger partial charge < -0.3 is 9.84 Å². The summed E-state index contributed by atoms with van der Waals surface area (Å²) in [4.78, 5) is 14.6. The summed E-state index contributed by atoms with van der Waals surface area (Å²) in [6, 6.07) is 1.41. The minimum absolute atomic E-state index is 0.119. The molecule has 15 heavy (non-hydrogen) atoms. The van der Waals surface area contributed by atoms with Crippen LogP contribution < -0.4 is 4.74 Å². The number of nitrogens with zero attached hydrogens (tertiary/aromatic N) is 1. The Morgan fingerprint density at radius 3 is 3.00 bits per heavy atom. The van der Waals surface area contributed by atoms with Crippen molar-refractivity contribution in [1.82, 2.24) is 4.98 Å². The molecule has 0 saturated heterocycles. The lowest BCUT2D eigenvalue weighted by Crippen LogP contribution is -2.05. The number of ether oxygens (including phenoxy) is 1. The van der Waals surface area contributed by atoms with Gasteiger partial charge in [0.25, 0.3) is 0 Å². The van der Waals surface area contributed by atoms with Gasteiger partial charge in [0.15, 0.2) is 5.75 Å². The molecule has 1 N–H and O–H groups in total. The number of carboxylic acids is 1. The van der Waals surface area contributed by atoms with E-state index in [4.69, 9.17) is 9.84 Å². The van der Waals surface area contributed by atoms with Crippen molar-refractivity contribution in [2.75, 3.05) is 6.61 Å². The van der Waals surface area contributed by atoms with Crippen molar-refractivity contribution in [3.8, 4) is 5.75 Å². The second kappa shape index (κ2) is 5.14. The second-order valence-corrected chi connectivity index (χ2v) is 3.07. The van der Waals surface area contributed by atoms with E-state index >= 15 is 0 Å². The van der Waals surface area contributed by atoms with Crippen molar-refractivity contribution in [2.45, 2.75) is 13.3 Å². The first kappa shape index (κ1) is 11.2. The van der Waals surface area contributed by atoms with E-state index in [-0.39, 0.29) is 11.3 Å². The lowest BCUT2D eigenvalue weighted by atomic mass is 10.2. The zero-order valence-electron chi connectivity index (χ0n) is 8.56. The highest BCUT2D eigenvalue weighted by Crippen LogP contribution is 2.17. The van der Waals surface area contributed by atoms with Crippen LogP contribution in [0.1, 0.15) is 23.7 Å². The van der Waals surface area contributed by atoms with Crippen LogP contribution in [-0.2, 0) is 0 Å². The van der Waals surface area contributed by atoms with E-state index in [0.29, 0.717) is 6.61 Å². The number of hydrogen-bond donors (Lipinski definition) is 1. The van der Waals surface area contributed by atoms with Crippen molar-refractivity contribution in [2.24, 2.45) is 0 Å². The minimum Gasteiger partial charge on any atom is -0.487 e. The molecule has 0 atom stereocenters. The fourth-order valence-corrected chi connectivity index (χ4v) is 0.954. The van der Waals surface area contributed by atoms with Crippen molar-refractivity contribution < 1.29 is 14.6 Å².